The molecule has 0 saturated carbocycles. The first-order valence-electron chi connectivity index (χ1n) is 12.8. The van der Waals surface area contributed by atoms with Crippen LogP contribution in [-0.2, 0) is 17.7 Å². The number of carbonyl (C=O) groups excluding carboxylic acids is 1. The number of ether oxygens (including phenoxy) is 1. The van der Waals surface area contributed by atoms with Crippen molar-refractivity contribution in [3.63, 3.8) is 0 Å². The van der Waals surface area contributed by atoms with Crippen LogP contribution in [0.4, 0.5) is 0 Å². The number of hydrogen-bond acceptors (Lipinski definition) is 4. The number of carbonyl (C=O) groups is 1. The molecule has 0 N–H and O–H groups in total. The van der Waals surface area contributed by atoms with E-state index in [9.17, 15) is 4.79 Å². The number of piperidine rings is 1. The molecule has 176 valence electrons. The van der Waals surface area contributed by atoms with Gasteiger partial charge in [0, 0.05) is 48.9 Å². The summed E-state index contributed by atoms with van der Waals surface area (Å²) in [6.07, 6.45) is 7.42. The zero-order valence-corrected chi connectivity index (χ0v) is 19.7. The largest absolute Gasteiger partial charge is 0.379 e. The lowest BCUT2D eigenvalue weighted by molar-refractivity contribution is 0.0337. The monoisotopic (exact) mass is 455 g/mol. The second kappa shape index (κ2) is 9.47. The highest BCUT2D eigenvalue weighted by Gasteiger charge is 2.43. The summed E-state index contributed by atoms with van der Waals surface area (Å²) in [4.78, 5) is 23.0. The summed E-state index contributed by atoms with van der Waals surface area (Å²) in [7, 11) is 0. The Bertz CT molecular complexity index is 1150. The molecule has 34 heavy (non-hydrogen) atoms. The Labute approximate surface area is 201 Å². The van der Waals surface area contributed by atoms with E-state index in [1.54, 1.807) is 0 Å². The van der Waals surface area contributed by atoms with Crippen LogP contribution in [0.25, 0.3) is 10.9 Å². The van der Waals surface area contributed by atoms with Gasteiger partial charge >= 0.3 is 0 Å². The van der Waals surface area contributed by atoms with E-state index in [1.807, 2.05) is 24.4 Å². The first kappa shape index (κ1) is 21.8. The summed E-state index contributed by atoms with van der Waals surface area (Å²) in [5.41, 5.74) is 4.52. The molecular formula is C29H33N3O2. The maximum absolute atomic E-state index is 13.8. The van der Waals surface area contributed by atoms with Crippen molar-refractivity contribution in [2.45, 2.75) is 50.7 Å². The predicted octanol–water partition coefficient (Wildman–Crippen LogP) is 4.69. The molecule has 1 amide bonds. The normalized spacial score (nSPS) is 25.1. The van der Waals surface area contributed by atoms with Gasteiger partial charge in [0.1, 0.15) is 0 Å². The zero-order valence-electron chi connectivity index (χ0n) is 19.7. The first-order chi connectivity index (χ1) is 16.8. The Morgan fingerprint density at radius 3 is 2.50 bits per heavy atom. The number of fused-ring (bicyclic) bond motifs is 3. The first-order valence-corrected chi connectivity index (χ1v) is 12.8. The van der Waals surface area contributed by atoms with Gasteiger partial charge < -0.3 is 9.64 Å². The van der Waals surface area contributed by atoms with E-state index in [0.29, 0.717) is 18.0 Å². The molecule has 3 fully saturated rings. The number of aromatic nitrogens is 1. The molecule has 5 nitrogen and oxygen atoms in total. The van der Waals surface area contributed by atoms with E-state index in [-0.39, 0.29) is 5.91 Å². The third-order valence-electron chi connectivity index (χ3n) is 8.06. The summed E-state index contributed by atoms with van der Waals surface area (Å²) in [6, 6.07) is 19.7. The number of nitrogens with zero attached hydrogens (tertiary/aromatic N) is 3. The van der Waals surface area contributed by atoms with Crippen molar-refractivity contribution in [3.05, 3.63) is 77.5 Å². The van der Waals surface area contributed by atoms with Crippen molar-refractivity contribution in [3.8, 4) is 0 Å². The minimum atomic E-state index is 0.240. The summed E-state index contributed by atoms with van der Waals surface area (Å²) in [6.45, 7) is 4.25. The Morgan fingerprint density at radius 1 is 0.912 bits per heavy atom. The molecule has 3 aliphatic heterocycles. The molecule has 0 radical (unpaired) electrons. The molecule has 6 rings (SSSR count). The Hall–Kier alpha value is -2.76. The maximum atomic E-state index is 13.8. The number of hydrogen-bond donors (Lipinski definition) is 0. The van der Waals surface area contributed by atoms with Crippen molar-refractivity contribution in [2.24, 2.45) is 5.92 Å². The molecule has 3 aromatic rings. The quantitative estimate of drug-likeness (QED) is 0.560. The van der Waals surface area contributed by atoms with Crippen molar-refractivity contribution in [2.75, 3.05) is 26.3 Å². The van der Waals surface area contributed by atoms with E-state index in [2.05, 4.69) is 51.2 Å². The van der Waals surface area contributed by atoms with Gasteiger partial charge in [-0.05, 0) is 67.3 Å². The molecule has 2 aromatic carbocycles. The highest BCUT2D eigenvalue weighted by atomic mass is 16.5. The van der Waals surface area contributed by atoms with E-state index in [4.69, 9.17) is 4.74 Å². The van der Waals surface area contributed by atoms with Crippen LogP contribution in [0, 0.1) is 5.92 Å². The molecule has 5 heteroatoms. The number of morpholine rings is 1. The summed E-state index contributed by atoms with van der Waals surface area (Å²) in [5.74, 6) is 0.861. The number of benzene rings is 2. The average molecular weight is 456 g/mol. The van der Waals surface area contributed by atoms with Crippen LogP contribution < -0.4 is 0 Å². The zero-order chi connectivity index (χ0) is 22.9. The lowest BCUT2D eigenvalue weighted by Gasteiger charge is -2.39. The molecule has 3 saturated heterocycles. The number of amides is 1. The van der Waals surface area contributed by atoms with Gasteiger partial charge in [-0.2, -0.15) is 0 Å². The maximum Gasteiger partial charge on any atom is 0.254 e. The minimum absolute atomic E-state index is 0.240. The van der Waals surface area contributed by atoms with Crippen LogP contribution >= 0.6 is 0 Å². The van der Waals surface area contributed by atoms with E-state index in [1.165, 1.54) is 10.9 Å². The van der Waals surface area contributed by atoms with Crippen molar-refractivity contribution >= 4 is 16.8 Å². The summed E-state index contributed by atoms with van der Waals surface area (Å²) < 4.78 is 5.50. The van der Waals surface area contributed by atoms with Crippen LogP contribution in [0.3, 0.4) is 0 Å². The molecule has 2 atom stereocenters. The van der Waals surface area contributed by atoms with E-state index < -0.39 is 0 Å². The van der Waals surface area contributed by atoms with Crippen molar-refractivity contribution < 1.29 is 9.53 Å². The average Bonchev–Trinajstić information content (AvgIpc) is 3.15. The van der Waals surface area contributed by atoms with Gasteiger partial charge in [-0.1, -0.05) is 36.4 Å². The molecule has 1 aromatic heterocycles. The minimum Gasteiger partial charge on any atom is -0.379 e. The standard InChI is InChI=1S/C29H33N3O2/c33-29(27-7-2-1-5-23(27)20-31-13-15-34-16-14-31)32-24-10-11-25(32)19-21(18-24)17-22-6-3-9-28-26(22)8-4-12-30-28/h1-9,12,21,24-25H,10-11,13-20H2. The van der Waals surface area contributed by atoms with Gasteiger partial charge in [-0.3, -0.25) is 14.7 Å². The molecule has 0 spiro atoms. The predicted molar refractivity (Wildman–Crippen MR) is 134 cm³/mol. The summed E-state index contributed by atoms with van der Waals surface area (Å²) >= 11 is 0. The SMILES string of the molecule is O=C(c1ccccc1CN1CCOCC1)N1C2CCC1CC(Cc1cccc3ncccc13)C2. The Balaban J connectivity index is 1.18. The fraction of sp³-hybridized carbons (Fsp3) is 0.448. The van der Waals surface area contributed by atoms with Crippen molar-refractivity contribution in [1.82, 2.24) is 14.8 Å². The fourth-order valence-corrected chi connectivity index (χ4v) is 6.45. The second-order valence-electron chi connectivity index (χ2n) is 10.2. The molecule has 2 unspecified atom stereocenters. The number of rotatable bonds is 5. The lowest BCUT2D eigenvalue weighted by Crippen LogP contribution is -2.47. The van der Waals surface area contributed by atoms with Gasteiger partial charge in [0.05, 0.1) is 18.7 Å². The molecule has 3 aliphatic rings. The molecule has 2 bridgehead atoms. The smallest absolute Gasteiger partial charge is 0.254 e. The van der Waals surface area contributed by atoms with Crippen molar-refractivity contribution in [1.29, 1.82) is 0 Å². The fourth-order valence-electron chi connectivity index (χ4n) is 6.45. The molecular weight excluding hydrogens is 422 g/mol. The van der Waals surface area contributed by atoms with Crippen LogP contribution in [-0.4, -0.2) is 59.1 Å². The number of pyridine rings is 1. The third kappa shape index (κ3) is 4.23. The topological polar surface area (TPSA) is 45.7 Å². The van der Waals surface area contributed by atoms with Gasteiger partial charge in [0.15, 0.2) is 0 Å². The van der Waals surface area contributed by atoms with Crippen LogP contribution in [0.15, 0.2) is 60.8 Å². The highest BCUT2D eigenvalue weighted by Crippen LogP contribution is 2.41. The highest BCUT2D eigenvalue weighted by molar-refractivity contribution is 5.96. The van der Waals surface area contributed by atoms with Crippen LogP contribution in [0.5, 0.6) is 0 Å². The molecule has 0 aliphatic carbocycles. The Morgan fingerprint density at radius 2 is 1.68 bits per heavy atom. The van der Waals surface area contributed by atoms with E-state index in [0.717, 1.165) is 81.6 Å². The van der Waals surface area contributed by atoms with Gasteiger partial charge in [-0.15, -0.1) is 0 Å². The second-order valence-corrected chi connectivity index (χ2v) is 10.2. The lowest BCUT2D eigenvalue weighted by atomic mass is 9.84. The van der Waals surface area contributed by atoms with Crippen LogP contribution in [0.1, 0.15) is 47.2 Å². The van der Waals surface area contributed by atoms with E-state index >= 15 is 0 Å². The summed E-state index contributed by atoms with van der Waals surface area (Å²) in [5, 5.41) is 1.27. The Kier molecular flexibility index (Phi) is 6.06. The van der Waals surface area contributed by atoms with Gasteiger partial charge in [0.25, 0.3) is 5.91 Å². The third-order valence-corrected chi connectivity index (χ3v) is 8.06. The van der Waals surface area contributed by atoms with Gasteiger partial charge in [-0.25, -0.2) is 0 Å². The van der Waals surface area contributed by atoms with Crippen LogP contribution in [0.2, 0.25) is 0 Å². The molecule has 4 heterocycles. The van der Waals surface area contributed by atoms with Gasteiger partial charge in [0.2, 0.25) is 0 Å².